The molecule has 0 bridgehead atoms. The fourth-order valence-corrected chi connectivity index (χ4v) is 1.51. The van der Waals surface area contributed by atoms with Gasteiger partial charge in [-0.15, -0.1) is 0 Å². The molecule has 0 spiro atoms. The van der Waals surface area contributed by atoms with Crippen molar-refractivity contribution in [2.45, 2.75) is 121 Å². The second-order valence-corrected chi connectivity index (χ2v) is 6.99. The van der Waals surface area contributed by atoms with E-state index >= 15 is 0 Å². The minimum Gasteiger partial charge on any atom is -0.450 e. The van der Waals surface area contributed by atoms with Gasteiger partial charge in [-0.1, -0.05) is 121 Å². The van der Waals surface area contributed by atoms with Crippen LogP contribution in [0.15, 0.2) is 0 Å². The molecule has 0 saturated heterocycles. The third kappa shape index (κ3) is 318. The molecule has 0 aliphatic carbocycles. The van der Waals surface area contributed by atoms with Gasteiger partial charge < -0.3 is 20.4 Å². The molecule has 0 rings (SSSR count). The van der Waals surface area contributed by atoms with Crippen molar-refractivity contribution >= 4 is 12.3 Å². The zero-order valence-corrected chi connectivity index (χ0v) is 20.4. The van der Waals surface area contributed by atoms with E-state index in [4.69, 9.17) is 30.0 Å². The molecule has 0 radical (unpaired) electrons. The Balaban J connectivity index is -0.0000000527. The van der Waals surface area contributed by atoms with Crippen LogP contribution in [0.25, 0.3) is 0 Å². The van der Waals surface area contributed by atoms with Crippen molar-refractivity contribution in [3.05, 3.63) is 0 Å². The third-order valence-electron chi connectivity index (χ3n) is 2.44. The highest BCUT2D eigenvalue weighted by molar-refractivity contribution is 5.53. The summed E-state index contributed by atoms with van der Waals surface area (Å²) in [5.74, 6) is 1.80. The molecule has 176 valence electrons. The predicted octanol–water partition coefficient (Wildman–Crippen LogP) is 8.94. The first-order chi connectivity index (χ1) is 12.8. The molecular formula is C22H52O6. The van der Waals surface area contributed by atoms with E-state index in [9.17, 15) is 0 Å². The molecular weight excluding hydrogens is 360 g/mol. The van der Waals surface area contributed by atoms with Gasteiger partial charge in [0.1, 0.15) is 0 Å². The number of unbranched alkanes of at least 4 members (excludes halogenated alkanes) is 2. The minimum absolute atomic E-state index is 0.898. The highest BCUT2D eigenvalue weighted by Gasteiger charge is 1.86. The van der Waals surface area contributed by atoms with Gasteiger partial charge in [-0.25, -0.2) is 9.59 Å². The van der Waals surface area contributed by atoms with Crippen LogP contribution < -0.4 is 0 Å². The fraction of sp³-hybridized carbons (Fsp3) is 0.909. The summed E-state index contributed by atoms with van der Waals surface area (Å²) in [7, 11) is 0. The zero-order valence-electron chi connectivity index (χ0n) is 20.4. The number of rotatable bonds is 6. The Kier molecular flexibility index (Phi) is 65.6. The molecule has 0 aromatic heterocycles. The molecule has 6 heteroatoms. The van der Waals surface area contributed by atoms with Crippen LogP contribution in [0.1, 0.15) is 121 Å². The quantitative estimate of drug-likeness (QED) is 0.346. The predicted molar refractivity (Wildman–Crippen MR) is 122 cm³/mol. The molecule has 0 aromatic carbocycles. The van der Waals surface area contributed by atoms with Crippen LogP contribution in [0.4, 0.5) is 9.59 Å². The molecule has 6 nitrogen and oxygen atoms in total. The van der Waals surface area contributed by atoms with Crippen LogP contribution in [-0.2, 0) is 0 Å². The summed E-state index contributed by atoms with van der Waals surface area (Å²) in [6.45, 7) is 22.1. The highest BCUT2D eigenvalue weighted by Crippen LogP contribution is 2.01. The van der Waals surface area contributed by atoms with Crippen molar-refractivity contribution in [3.8, 4) is 0 Å². The summed E-state index contributed by atoms with van der Waals surface area (Å²) >= 11 is 0. The topological polar surface area (TPSA) is 115 Å². The van der Waals surface area contributed by atoms with Crippen LogP contribution in [0.2, 0.25) is 0 Å². The molecule has 0 saturated carbocycles. The third-order valence-corrected chi connectivity index (χ3v) is 2.44. The molecule has 0 unspecified atom stereocenters. The van der Waals surface area contributed by atoms with Gasteiger partial charge in [0.05, 0.1) is 0 Å². The van der Waals surface area contributed by atoms with E-state index < -0.39 is 12.3 Å². The second kappa shape index (κ2) is 44.7. The van der Waals surface area contributed by atoms with E-state index in [-0.39, 0.29) is 0 Å². The van der Waals surface area contributed by atoms with Crippen molar-refractivity contribution in [1.29, 1.82) is 0 Å². The van der Waals surface area contributed by atoms with Crippen LogP contribution in [-0.4, -0.2) is 32.7 Å². The van der Waals surface area contributed by atoms with Gasteiger partial charge in [0.25, 0.3) is 0 Å². The molecule has 0 amide bonds. The Hall–Kier alpha value is -1.46. The molecule has 4 N–H and O–H groups in total. The second-order valence-electron chi connectivity index (χ2n) is 6.99. The van der Waals surface area contributed by atoms with Crippen molar-refractivity contribution in [1.82, 2.24) is 0 Å². The summed E-state index contributed by atoms with van der Waals surface area (Å²) in [5.41, 5.74) is 0. The van der Waals surface area contributed by atoms with Gasteiger partial charge in [0.2, 0.25) is 0 Å². The highest BCUT2D eigenvalue weighted by atomic mass is 16.6. The van der Waals surface area contributed by atoms with Crippen LogP contribution in [0, 0.1) is 11.8 Å². The summed E-state index contributed by atoms with van der Waals surface area (Å²) in [5, 5.41) is 27.9. The maximum atomic E-state index is 8.56. The standard InChI is InChI=1S/2C6H14.C5H12.C3H8.2CH2O3/c2*1-4-5-6(2)3;1-3-5-4-2;1-3-2;2*2-1(3)4/h2*6H,4-5H2,1-3H3;3-5H2,1-2H3;3H2,1-2H3;2*(H2,2,3,4). The number of hydrogen-bond donors (Lipinski definition) is 4. The number of hydrogen-bond acceptors (Lipinski definition) is 2. The average Bonchev–Trinajstić information content (AvgIpc) is 2.48. The van der Waals surface area contributed by atoms with Crippen LogP contribution >= 0.6 is 0 Å². The molecule has 0 atom stereocenters. The minimum atomic E-state index is -1.83. The van der Waals surface area contributed by atoms with Gasteiger partial charge >= 0.3 is 12.3 Å². The van der Waals surface area contributed by atoms with E-state index in [0.29, 0.717) is 0 Å². The summed E-state index contributed by atoms with van der Waals surface area (Å²) in [4.78, 5) is 17.1. The lowest BCUT2D eigenvalue weighted by Crippen LogP contribution is -1.81. The lowest BCUT2D eigenvalue weighted by molar-refractivity contribution is 0.135. The average molecular weight is 413 g/mol. The van der Waals surface area contributed by atoms with Crippen LogP contribution in [0.3, 0.4) is 0 Å². The lowest BCUT2D eigenvalue weighted by atomic mass is 10.1. The monoisotopic (exact) mass is 412 g/mol. The molecule has 0 aliphatic heterocycles. The Morgan fingerprint density at radius 2 is 0.750 bits per heavy atom. The number of carboxylic acid groups (broad SMARTS) is 4. The van der Waals surface area contributed by atoms with Gasteiger partial charge in [-0.05, 0) is 11.8 Å². The van der Waals surface area contributed by atoms with Gasteiger partial charge in [0, 0.05) is 0 Å². The molecule has 0 heterocycles. The Morgan fingerprint density at radius 1 is 0.571 bits per heavy atom. The van der Waals surface area contributed by atoms with Crippen molar-refractivity contribution < 1.29 is 30.0 Å². The van der Waals surface area contributed by atoms with Crippen molar-refractivity contribution in [3.63, 3.8) is 0 Å². The number of carbonyl (C=O) groups is 2. The smallest absolute Gasteiger partial charge is 0.450 e. The van der Waals surface area contributed by atoms with E-state index in [2.05, 4.69) is 69.2 Å². The maximum absolute atomic E-state index is 8.56. The first kappa shape index (κ1) is 41.0. The molecule has 0 aromatic rings. The fourth-order valence-electron chi connectivity index (χ4n) is 1.51. The van der Waals surface area contributed by atoms with E-state index in [0.717, 1.165) is 11.8 Å². The van der Waals surface area contributed by atoms with Crippen molar-refractivity contribution in [2.75, 3.05) is 0 Å². The zero-order chi connectivity index (χ0) is 24.0. The van der Waals surface area contributed by atoms with Gasteiger partial charge in [-0.2, -0.15) is 0 Å². The van der Waals surface area contributed by atoms with Crippen LogP contribution in [0.5, 0.6) is 0 Å². The van der Waals surface area contributed by atoms with Gasteiger partial charge in [0.15, 0.2) is 0 Å². The summed E-state index contributed by atoms with van der Waals surface area (Å²) in [6, 6.07) is 0. The molecule has 0 fully saturated rings. The summed E-state index contributed by atoms with van der Waals surface area (Å²) < 4.78 is 0. The first-order valence-electron chi connectivity index (χ1n) is 10.7. The Morgan fingerprint density at radius 3 is 0.750 bits per heavy atom. The molecule has 28 heavy (non-hydrogen) atoms. The molecule has 0 aliphatic rings. The lowest BCUT2D eigenvalue weighted by Gasteiger charge is -1.95. The van der Waals surface area contributed by atoms with Crippen molar-refractivity contribution in [2.24, 2.45) is 11.8 Å². The largest absolute Gasteiger partial charge is 0.503 e. The van der Waals surface area contributed by atoms with Gasteiger partial charge in [-0.3, -0.25) is 0 Å². The Labute approximate surface area is 175 Å². The van der Waals surface area contributed by atoms with E-state index in [1.54, 1.807) is 0 Å². The normalized spacial score (nSPS) is 8.14. The first-order valence-corrected chi connectivity index (χ1v) is 10.7. The van der Waals surface area contributed by atoms with E-state index in [1.165, 1.54) is 51.4 Å². The van der Waals surface area contributed by atoms with E-state index in [1.807, 2.05) is 0 Å². The Bertz CT molecular complexity index is 221. The summed E-state index contributed by atoms with van der Waals surface area (Å²) in [6.07, 6.45) is 7.07. The SMILES string of the molecule is CCC.CCCC(C)C.CCCC(C)C.CCCCC.O=C(O)O.O=C(O)O. The maximum Gasteiger partial charge on any atom is 0.503 e.